The number of hydrogen-bond donors (Lipinski definition) is 0. The fourth-order valence-corrected chi connectivity index (χ4v) is 0. The zero-order chi connectivity index (χ0) is 3.41. The van der Waals surface area contributed by atoms with Crippen LogP contribution in [0.4, 0.5) is 0 Å². The van der Waals surface area contributed by atoms with Crippen LogP contribution in [-0.4, -0.2) is 0 Å². The average Bonchev–Trinajstić information content (AvgIpc) is 1.37. The third-order valence-electron chi connectivity index (χ3n) is 0.0630. The molecular formula is C2H3BrS. The predicted octanol–water partition coefficient (Wildman–Crippen LogP) is 2.17. The molecule has 0 unspecified atom stereocenters. The van der Waals surface area contributed by atoms with Crippen LogP contribution in [-0.2, 0) is 0 Å². The highest BCUT2D eigenvalue weighted by Gasteiger charge is 1.47. The van der Waals surface area contributed by atoms with Crippen LogP contribution in [0, 0.1) is 0 Å². The van der Waals surface area contributed by atoms with Gasteiger partial charge in [0.05, 0.1) is 0 Å². The van der Waals surface area contributed by atoms with Gasteiger partial charge in [0.1, 0.15) is 0 Å². The minimum Gasteiger partial charge on any atom is -0.0919 e. The molecule has 0 spiro atoms. The molecule has 0 saturated heterocycles. The van der Waals surface area contributed by atoms with Crippen molar-refractivity contribution in [3.05, 3.63) is 12.0 Å². The van der Waals surface area contributed by atoms with Gasteiger partial charge in [0.25, 0.3) is 0 Å². The highest BCUT2D eigenvalue weighted by Crippen LogP contribution is 2.07. The van der Waals surface area contributed by atoms with Gasteiger partial charge in [-0.1, -0.05) is 16.8 Å². The molecule has 0 radical (unpaired) electrons. The Morgan fingerprint density at radius 2 is 2.25 bits per heavy atom. The van der Waals surface area contributed by atoms with Gasteiger partial charge in [0.2, 0.25) is 0 Å². The molecule has 0 fully saturated rings. The first kappa shape index (κ1) is 4.57. The first-order valence-corrected chi connectivity index (χ1v) is 3.52. The van der Waals surface area contributed by atoms with E-state index >= 15 is 0 Å². The fraction of sp³-hybridized carbons (Fsp3) is 0. The Balaban J connectivity index is 2.30. The summed E-state index contributed by atoms with van der Waals surface area (Å²) in [6.45, 7) is 3.40. The van der Waals surface area contributed by atoms with E-state index in [4.69, 9.17) is 0 Å². The summed E-state index contributed by atoms with van der Waals surface area (Å²) in [5.41, 5.74) is 0. The van der Waals surface area contributed by atoms with E-state index in [1.807, 2.05) is 0 Å². The molecule has 0 bridgehead atoms. The van der Waals surface area contributed by atoms with Crippen LogP contribution in [0.2, 0.25) is 0 Å². The highest BCUT2D eigenvalue weighted by atomic mass is 79.9. The smallest absolute Gasteiger partial charge is 0.00622 e. The number of rotatable bonds is 1. The summed E-state index contributed by atoms with van der Waals surface area (Å²) in [5, 5.41) is 1.71. The molecule has 0 N–H and O–H groups in total. The maximum atomic E-state index is 3.40. The third-order valence-corrected chi connectivity index (χ3v) is 0.982. The summed E-state index contributed by atoms with van der Waals surface area (Å²) in [4.78, 5) is 0. The fourth-order valence-electron chi connectivity index (χ4n) is 0. The van der Waals surface area contributed by atoms with Gasteiger partial charge >= 0.3 is 0 Å². The van der Waals surface area contributed by atoms with E-state index in [0.717, 1.165) is 0 Å². The molecule has 0 aromatic rings. The van der Waals surface area contributed by atoms with Crippen LogP contribution in [0.5, 0.6) is 0 Å². The molecule has 0 nitrogen and oxygen atoms in total. The van der Waals surface area contributed by atoms with Crippen molar-refractivity contribution in [1.82, 2.24) is 0 Å². The van der Waals surface area contributed by atoms with E-state index in [0.29, 0.717) is 0 Å². The largest absolute Gasteiger partial charge is 0.0919 e. The van der Waals surface area contributed by atoms with E-state index in [1.165, 1.54) is 10.2 Å². The Morgan fingerprint density at radius 3 is 2.25 bits per heavy atom. The molecule has 0 saturated carbocycles. The number of halogens is 1. The lowest BCUT2D eigenvalue weighted by Crippen LogP contribution is -1.08. The highest BCUT2D eigenvalue weighted by molar-refractivity contribution is 9.50. The molecule has 0 aliphatic carbocycles. The predicted molar refractivity (Wildman–Crippen MR) is 26.7 cm³/mol. The first-order valence-electron chi connectivity index (χ1n) is 0.798. The molecule has 0 aromatic heterocycles. The molecule has 2 heteroatoms. The van der Waals surface area contributed by atoms with Crippen LogP contribution in [0.3, 0.4) is 0 Å². The molecule has 0 aliphatic heterocycles. The van der Waals surface area contributed by atoms with E-state index in [-0.39, 0.29) is 0 Å². The summed E-state index contributed by atoms with van der Waals surface area (Å²) >= 11 is 3.05. The van der Waals surface area contributed by atoms with Crippen molar-refractivity contribution in [1.29, 1.82) is 0 Å². The van der Waals surface area contributed by atoms with Crippen molar-refractivity contribution in [3.8, 4) is 0 Å². The van der Waals surface area contributed by atoms with Gasteiger partial charge in [-0.25, -0.2) is 0 Å². The minimum atomic E-state index is 1.43. The minimum absolute atomic E-state index is 1.43. The van der Waals surface area contributed by atoms with Crippen molar-refractivity contribution >= 4 is 25.0 Å². The van der Waals surface area contributed by atoms with Crippen LogP contribution in [0.25, 0.3) is 0 Å². The Morgan fingerprint density at radius 1 is 2.00 bits per heavy atom. The lowest BCUT2D eigenvalue weighted by molar-refractivity contribution is 2.69. The van der Waals surface area contributed by atoms with Crippen molar-refractivity contribution < 1.29 is 0 Å². The molecule has 4 heavy (non-hydrogen) atoms. The van der Waals surface area contributed by atoms with Crippen molar-refractivity contribution in [2.75, 3.05) is 0 Å². The van der Waals surface area contributed by atoms with E-state index < -0.39 is 0 Å². The molecule has 0 aliphatic rings. The van der Waals surface area contributed by atoms with Gasteiger partial charge in [-0.3, -0.25) is 0 Å². The Kier molecular flexibility index (Phi) is 4.08. The standard InChI is InChI=1S/C2H3BrS/c1-2-4-3/h2H,1H2. The second-order valence-corrected chi connectivity index (χ2v) is 1.89. The van der Waals surface area contributed by atoms with Gasteiger partial charge in [-0.15, -0.1) is 0 Å². The summed E-state index contributed by atoms with van der Waals surface area (Å²) in [5.74, 6) is 0. The van der Waals surface area contributed by atoms with Gasteiger partial charge in [0.15, 0.2) is 0 Å². The van der Waals surface area contributed by atoms with Crippen LogP contribution in [0.15, 0.2) is 12.0 Å². The summed E-state index contributed by atoms with van der Waals surface area (Å²) in [7, 11) is 1.43. The SMILES string of the molecule is C=CSBr. The van der Waals surface area contributed by atoms with Gasteiger partial charge < -0.3 is 0 Å². The summed E-state index contributed by atoms with van der Waals surface area (Å²) in [6, 6.07) is 0. The topological polar surface area (TPSA) is 0 Å². The van der Waals surface area contributed by atoms with Gasteiger partial charge in [0, 0.05) is 0 Å². The Hall–Kier alpha value is 0.570. The van der Waals surface area contributed by atoms with Crippen molar-refractivity contribution in [2.45, 2.75) is 0 Å². The van der Waals surface area contributed by atoms with Crippen molar-refractivity contribution in [3.63, 3.8) is 0 Å². The third kappa shape index (κ3) is 2.57. The number of hydrogen-bond acceptors (Lipinski definition) is 1. The van der Waals surface area contributed by atoms with E-state index in [2.05, 4.69) is 21.4 Å². The molecular weight excluding hydrogens is 136 g/mol. The monoisotopic (exact) mass is 138 g/mol. The van der Waals surface area contributed by atoms with Gasteiger partial charge in [-0.05, 0) is 20.2 Å². The average molecular weight is 139 g/mol. The molecule has 24 valence electrons. The normalized spacial score (nSPS) is 6.25. The zero-order valence-electron chi connectivity index (χ0n) is 2.07. The molecule has 0 amide bonds. The molecule has 0 heterocycles. The molecule has 0 rings (SSSR count). The molecule has 0 atom stereocenters. The maximum Gasteiger partial charge on any atom is -0.00622 e. The summed E-state index contributed by atoms with van der Waals surface area (Å²) < 4.78 is 0. The van der Waals surface area contributed by atoms with E-state index in [1.54, 1.807) is 5.41 Å². The van der Waals surface area contributed by atoms with Crippen LogP contribution < -0.4 is 0 Å². The second kappa shape index (κ2) is 3.57. The quantitative estimate of drug-likeness (QED) is 0.536. The summed E-state index contributed by atoms with van der Waals surface area (Å²) in [6.07, 6.45) is 0. The lowest BCUT2D eigenvalue weighted by atomic mass is 11.3. The Labute approximate surface area is 37.5 Å². The zero-order valence-corrected chi connectivity index (χ0v) is 4.47. The van der Waals surface area contributed by atoms with Crippen LogP contribution >= 0.6 is 25.0 Å². The lowest BCUT2D eigenvalue weighted by Gasteiger charge is -1.55. The first-order chi connectivity index (χ1) is 1.91. The second-order valence-electron chi connectivity index (χ2n) is 0.256. The van der Waals surface area contributed by atoms with Gasteiger partial charge in [-0.2, -0.15) is 0 Å². The Bertz CT molecular complexity index is 20.0. The van der Waals surface area contributed by atoms with Crippen molar-refractivity contribution in [2.24, 2.45) is 0 Å². The maximum absolute atomic E-state index is 3.40. The van der Waals surface area contributed by atoms with Crippen LogP contribution in [0.1, 0.15) is 0 Å². The van der Waals surface area contributed by atoms with E-state index in [9.17, 15) is 0 Å². The molecule has 0 aromatic carbocycles.